The topological polar surface area (TPSA) is 76.0 Å². The van der Waals surface area contributed by atoms with Crippen LogP contribution in [0.25, 0.3) is 131 Å². The van der Waals surface area contributed by atoms with E-state index in [1.165, 1.54) is 0 Å². The molecule has 0 aliphatic carbocycles. The molecule has 14 aromatic rings. The molecule has 0 saturated heterocycles. The molecule has 0 atom stereocenters. The molecular weight excluding hydrogens is 881 g/mol. The standard InChI is InChI=1S/C64H34N8/c1-67-51-36-49(62(70-54-29-13-5-21-42(54)43-22-6-14-30-55(43)70)64(60(51)68-2)72-58-33-17-9-25-46(58)47-26-10-18-34-59(47)72)48-35-39(37-65)50(38-66)63(71-56-31-15-7-23-44(56)45-24-8-16-32-57(45)71)61(48)69-52-27-11-3-19-40(52)41-20-4-12-28-53(41)69/h3-36H. The predicted octanol–water partition coefficient (Wildman–Crippen LogP) is 16.6. The zero-order chi connectivity index (χ0) is 48.2. The summed E-state index contributed by atoms with van der Waals surface area (Å²) in [5, 5.41) is 31.1. The molecule has 8 heteroatoms. The monoisotopic (exact) mass is 914 g/mol. The van der Waals surface area contributed by atoms with Crippen molar-refractivity contribution in [3.05, 3.63) is 240 Å². The van der Waals surface area contributed by atoms with Gasteiger partial charge < -0.3 is 18.3 Å². The highest BCUT2D eigenvalue weighted by molar-refractivity contribution is 6.16. The minimum atomic E-state index is 0.149. The van der Waals surface area contributed by atoms with Crippen LogP contribution in [-0.4, -0.2) is 18.3 Å². The van der Waals surface area contributed by atoms with Crippen LogP contribution in [0.3, 0.4) is 0 Å². The Kier molecular flexibility index (Phi) is 8.67. The van der Waals surface area contributed by atoms with Crippen molar-refractivity contribution in [2.75, 3.05) is 0 Å². The van der Waals surface area contributed by atoms with E-state index in [0.29, 0.717) is 33.9 Å². The fraction of sp³-hybridized carbons (Fsp3) is 0. The van der Waals surface area contributed by atoms with Crippen molar-refractivity contribution in [1.29, 1.82) is 10.5 Å². The van der Waals surface area contributed by atoms with Crippen LogP contribution in [0.4, 0.5) is 11.4 Å². The Labute approximate surface area is 411 Å². The molecule has 0 unspecified atom stereocenters. The first-order chi connectivity index (χ1) is 35.6. The third kappa shape index (κ3) is 5.41. The Morgan fingerprint density at radius 2 is 0.597 bits per heavy atom. The van der Waals surface area contributed by atoms with Crippen molar-refractivity contribution in [3.63, 3.8) is 0 Å². The summed E-state index contributed by atoms with van der Waals surface area (Å²) < 4.78 is 8.76. The molecule has 0 saturated carbocycles. The van der Waals surface area contributed by atoms with Gasteiger partial charge in [-0.25, -0.2) is 9.69 Å². The first-order valence-electron chi connectivity index (χ1n) is 23.5. The summed E-state index contributed by atoms with van der Waals surface area (Å²) in [6.45, 7) is 18.0. The van der Waals surface area contributed by atoms with Gasteiger partial charge in [-0.1, -0.05) is 152 Å². The molecule has 0 fully saturated rings. The maximum Gasteiger partial charge on any atom is 0.220 e. The molecule has 0 spiro atoms. The number of aromatic nitrogens is 4. The van der Waals surface area contributed by atoms with Gasteiger partial charge in [0, 0.05) is 48.7 Å². The van der Waals surface area contributed by atoms with Gasteiger partial charge in [-0.3, -0.25) is 0 Å². The number of benzene rings is 10. The summed E-state index contributed by atoms with van der Waals surface area (Å²) in [6.07, 6.45) is 0. The minimum absolute atomic E-state index is 0.149. The number of para-hydroxylation sites is 8. The Hall–Kier alpha value is -10.6. The Morgan fingerprint density at radius 3 is 0.889 bits per heavy atom. The van der Waals surface area contributed by atoms with Crippen molar-refractivity contribution < 1.29 is 0 Å². The van der Waals surface area contributed by atoms with E-state index in [1.807, 2.05) is 109 Å². The van der Waals surface area contributed by atoms with Gasteiger partial charge in [0.2, 0.25) is 5.69 Å². The predicted molar refractivity (Wildman–Crippen MR) is 291 cm³/mol. The van der Waals surface area contributed by atoms with Crippen molar-refractivity contribution in [2.45, 2.75) is 0 Å². The van der Waals surface area contributed by atoms with E-state index in [0.717, 1.165) is 87.2 Å². The van der Waals surface area contributed by atoms with E-state index in [-0.39, 0.29) is 22.5 Å². The Balaban J connectivity index is 1.31. The Morgan fingerprint density at radius 1 is 0.319 bits per heavy atom. The van der Waals surface area contributed by atoms with Crippen LogP contribution in [-0.2, 0) is 0 Å². The lowest BCUT2D eigenvalue weighted by atomic mass is 9.92. The number of nitrogens with zero attached hydrogens (tertiary/aromatic N) is 8. The Bertz CT molecular complexity index is 4350. The van der Waals surface area contributed by atoms with Crippen LogP contribution >= 0.6 is 0 Å². The zero-order valence-electron chi connectivity index (χ0n) is 38.2. The molecule has 14 rings (SSSR count). The van der Waals surface area contributed by atoms with Crippen LogP contribution in [0.5, 0.6) is 0 Å². The zero-order valence-corrected chi connectivity index (χ0v) is 38.2. The first-order valence-corrected chi connectivity index (χ1v) is 23.5. The summed E-state index contributed by atoms with van der Waals surface area (Å²) >= 11 is 0. The molecule has 0 N–H and O–H groups in total. The van der Waals surface area contributed by atoms with E-state index in [1.54, 1.807) is 0 Å². The molecule has 0 bridgehead atoms. The normalized spacial score (nSPS) is 11.6. The molecule has 8 nitrogen and oxygen atoms in total. The molecule has 0 aliphatic heterocycles. The van der Waals surface area contributed by atoms with Gasteiger partial charge in [0.05, 0.1) is 91.2 Å². The van der Waals surface area contributed by atoms with Gasteiger partial charge in [0.15, 0.2) is 5.69 Å². The second-order valence-corrected chi connectivity index (χ2v) is 18.0. The first kappa shape index (κ1) is 40.4. The molecule has 4 aromatic heterocycles. The summed E-state index contributed by atoms with van der Waals surface area (Å²) in [7, 11) is 0. The van der Waals surface area contributed by atoms with Crippen molar-refractivity contribution in [3.8, 4) is 46.0 Å². The third-order valence-corrected chi connectivity index (χ3v) is 14.5. The number of rotatable bonds is 5. The highest BCUT2D eigenvalue weighted by Gasteiger charge is 2.33. The highest BCUT2D eigenvalue weighted by atomic mass is 15.1. The second kappa shape index (κ2) is 15.4. The van der Waals surface area contributed by atoms with Gasteiger partial charge in [-0.15, -0.1) is 0 Å². The SMILES string of the molecule is [C-]#[N+]c1cc(-c2cc(C#N)c(C#N)c(-n3c4ccccc4c4ccccc43)c2-n2c3ccccc3c3ccccc32)c(-n2c3ccccc3c3ccccc32)c(-n2c3ccccc3c3ccccc32)c1[N+]#[C-]. The number of hydrogen-bond acceptors (Lipinski definition) is 2. The van der Waals surface area contributed by atoms with E-state index in [2.05, 4.69) is 137 Å². The molecule has 0 aliphatic rings. The van der Waals surface area contributed by atoms with Gasteiger partial charge in [-0.05, 0) is 60.2 Å². The average molecular weight is 915 g/mol. The fourth-order valence-electron chi connectivity index (χ4n) is 11.6. The summed E-state index contributed by atoms with van der Waals surface area (Å²) in [4.78, 5) is 8.53. The number of fused-ring (bicyclic) bond motifs is 12. The largest absolute Gasteiger partial charge is 0.318 e. The van der Waals surface area contributed by atoms with Crippen LogP contribution < -0.4 is 0 Å². The van der Waals surface area contributed by atoms with E-state index < -0.39 is 0 Å². The highest BCUT2D eigenvalue weighted by Crippen LogP contribution is 2.53. The lowest BCUT2D eigenvalue weighted by Crippen LogP contribution is -2.12. The van der Waals surface area contributed by atoms with Gasteiger partial charge in [0.25, 0.3) is 0 Å². The van der Waals surface area contributed by atoms with Gasteiger partial charge >= 0.3 is 0 Å². The average Bonchev–Trinajstić information content (AvgIpc) is 4.17. The maximum absolute atomic E-state index is 11.6. The number of hydrogen-bond donors (Lipinski definition) is 0. The molecule has 0 amide bonds. The quantitative estimate of drug-likeness (QED) is 0.161. The van der Waals surface area contributed by atoms with E-state index >= 15 is 0 Å². The van der Waals surface area contributed by atoms with Crippen LogP contribution in [0, 0.1) is 35.8 Å². The maximum atomic E-state index is 11.6. The van der Waals surface area contributed by atoms with Crippen LogP contribution in [0.1, 0.15) is 11.1 Å². The van der Waals surface area contributed by atoms with Gasteiger partial charge in [0.1, 0.15) is 12.1 Å². The van der Waals surface area contributed by atoms with E-state index in [9.17, 15) is 10.5 Å². The van der Waals surface area contributed by atoms with Crippen molar-refractivity contribution >= 4 is 98.6 Å². The van der Waals surface area contributed by atoms with Crippen LogP contribution in [0.2, 0.25) is 0 Å². The third-order valence-electron chi connectivity index (χ3n) is 14.5. The lowest BCUT2D eigenvalue weighted by Gasteiger charge is -2.27. The smallest absolute Gasteiger partial charge is 0.220 e. The molecule has 72 heavy (non-hydrogen) atoms. The molecule has 10 aromatic carbocycles. The van der Waals surface area contributed by atoms with Crippen molar-refractivity contribution in [1.82, 2.24) is 18.3 Å². The van der Waals surface area contributed by atoms with Gasteiger partial charge in [-0.2, -0.15) is 10.5 Å². The fourth-order valence-corrected chi connectivity index (χ4v) is 11.6. The van der Waals surface area contributed by atoms with E-state index in [4.69, 9.17) is 13.1 Å². The molecular formula is C64H34N8. The lowest BCUT2D eigenvalue weighted by molar-refractivity contribution is 1.08. The molecule has 0 radical (unpaired) electrons. The number of nitriles is 2. The second-order valence-electron chi connectivity index (χ2n) is 18.0. The summed E-state index contributed by atoms with van der Waals surface area (Å²) in [5.74, 6) is 0. The van der Waals surface area contributed by atoms with Crippen LogP contribution in [0.15, 0.2) is 206 Å². The minimum Gasteiger partial charge on any atom is -0.318 e. The molecule has 4 heterocycles. The summed E-state index contributed by atoms with van der Waals surface area (Å²) in [6, 6.07) is 74.7. The molecule has 330 valence electrons. The van der Waals surface area contributed by atoms with Crippen molar-refractivity contribution in [2.24, 2.45) is 0 Å². The summed E-state index contributed by atoms with van der Waals surface area (Å²) in [5.41, 5.74) is 11.2.